The highest BCUT2D eigenvalue weighted by atomic mass is 32.2. The molecule has 3 rings (SSSR count). The zero-order chi connectivity index (χ0) is 19.3. The van der Waals surface area contributed by atoms with Gasteiger partial charge < -0.3 is 9.64 Å². The van der Waals surface area contributed by atoms with Crippen LogP contribution >= 0.6 is 0 Å². The highest BCUT2D eigenvalue weighted by molar-refractivity contribution is 7.89. The van der Waals surface area contributed by atoms with Gasteiger partial charge in [0.1, 0.15) is 5.75 Å². The molecule has 0 amide bonds. The summed E-state index contributed by atoms with van der Waals surface area (Å²) in [4.78, 5) is 2.38. The van der Waals surface area contributed by atoms with Gasteiger partial charge in [-0.3, -0.25) is 0 Å². The Hall–Kier alpha value is -2.57. The van der Waals surface area contributed by atoms with E-state index in [9.17, 15) is 8.42 Å². The average Bonchev–Trinajstić information content (AvgIpc) is 2.70. The van der Waals surface area contributed by atoms with E-state index in [1.54, 1.807) is 25.3 Å². The topological polar surface area (TPSA) is 58.6 Å². The molecule has 0 saturated heterocycles. The molecule has 3 aromatic carbocycles. The van der Waals surface area contributed by atoms with Crippen molar-refractivity contribution in [3.63, 3.8) is 0 Å². The van der Waals surface area contributed by atoms with Crippen molar-refractivity contribution in [2.75, 3.05) is 32.1 Å². The van der Waals surface area contributed by atoms with Gasteiger partial charge in [0.25, 0.3) is 0 Å². The maximum Gasteiger partial charge on any atom is 0.240 e. The lowest BCUT2D eigenvalue weighted by atomic mass is 10.1. The lowest BCUT2D eigenvalue weighted by Crippen LogP contribution is -2.28. The van der Waals surface area contributed by atoms with Crippen LogP contribution in [0.1, 0.15) is 6.42 Å². The van der Waals surface area contributed by atoms with Crippen LogP contribution in [-0.4, -0.2) is 35.7 Å². The molecule has 0 unspecified atom stereocenters. The molecule has 6 heteroatoms. The summed E-state index contributed by atoms with van der Waals surface area (Å²) in [5.41, 5.74) is 1.12. The number of nitrogens with one attached hydrogen (secondary N) is 1. The van der Waals surface area contributed by atoms with Crippen LogP contribution in [0.3, 0.4) is 0 Å². The second-order valence-electron chi connectivity index (χ2n) is 6.38. The smallest absolute Gasteiger partial charge is 0.240 e. The van der Waals surface area contributed by atoms with Crippen LogP contribution < -0.4 is 14.4 Å². The number of fused-ring (bicyclic) bond motifs is 1. The summed E-state index contributed by atoms with van der Waals surface area (Å²) in [6, 6.07) is 20.7. The van der Waals surface area contributed by atoms with Crippen molar-refractivity contribution in [1.82, 2.24) is 4.72 Å². The molecule has 1 N–H and O–H groups in total. The summed E-state index contributed by atoms with van der Waals surface area (Å²) in [6.07, 6.45) is 0.718. The number of hydrogen-bond donors (Lipinski definition) is 1. The molecule has 5 nitrogen and oxygen atoms in total. The van der Waals surface area contributed by atoms with E-state index in [0.717, 1.165) is 35.2 Å². The summed E-state index contributed by atoms with van der Waals surface area (Å²) < 4.78 is 33.0. The predicted molar refractivity (Wildman–Crippen MR) is 110 cm³/mol. The molecule has 27 heavy (non-hydrogen) atoms. The number of sulfonamides is 1. The number of methoxy groups -OCH3 is 1. The SMILES string of the molecule is COc1ccc2cc(S(=O)(=O)NCCCN(C)c3ccccc3)ccc2c1. The summed E-state index contributed by atoms with van der Waals surface area (Å²) >= 11 is 0. The number of nitrogens with zero attached hydrogens (tertiary/aromatic N) is 1. The Balaban J connectivity index is 1.60. The van der Waals surface area contributed by atoms with Crippen molar-refractivity contribution in [1.29, 1.82) is 0 Å². The molecular formula is C21H24N2O3S. The fourth-order valence-electron chi connectivity index (χ4n) is 2.91. The number of benzene rings is 3. The third-order valence-electron chi connectivity index (χ3n) is 4.49. The van der Waals surface area contributed by atoms with Crippen molar-refractivity contribution in [2.45, 2.75) is 11.3 Å². The van der Waals surface area contributed by atoms with Gasteiger partial charge in [-0.15, -0.1) is 0 Å². The van der Waals surface area contributed by atoms with E-state index < -0.39 is 10.0 Å². The molecule has 0 bridgehead atoms. The van der Waals surface area contributed by atoms with Gasteiger partial charge in [0.05, 0.1) is 12.0 Å². The summed E-state index contributed by atoms with van der Waals surface area (Å²) in [7, 11) is 0.0819. The fraction of sp³-hybridized carbons (Fsp3) is 0.238. The molecule has 0 atom stereocenters. The van der Waals surface area contributed by atoms with Crippen LogP contribution in [0, 0.1) is 0 Å². The number of ether oxygens (including phenoxy) is 1. The zero-order valence-corrected chi connectivity index (χ0v) is 16.4. The second-order valence-corrected chi connectivity index (χ2v) is 8.15. The van der Waals surface area contributed by atoms with Crippen molar-refractivity contribution in [3.8, 4) is 5.75 Å². The first-order valence-corrected chi connectivity index (χ1v) is 10.3. The van der Waals surface area contributed by atoms with E-state index in [0.29, 0.717) is 6.54 Å². The van der Waals surface area contributed by atoms with E-state index in [4.69, 9.17) is 4.74 Å². The van der Waals surface area contributed by atoms with Crippen LogP contribution in [0.15, 0.2) is 71.6 Å². The Morgan fingerprint density at radius 2 is 1.67 bits per heavy atom. The standard InChI is InChI=1S/C21H24N2O3S/c1-23(19-7-4-3-5-8-19)14-6-13-22-27(24,25)21-12-10-17-15-20(26-2)11-9-18(17)16-21/h3-5,7-12,15-16,22H,6,13-14H2,1-2H3. The van der Waals surface area contributed by atoms with E-state index in [-0.39, 0.29) is 4.90 Å². The van der Waals surface area contributed by atoms with Crippen LogP contribution in [0.4, 0.5) is 5.69 Å². The molecule has 0 heterocycles. The molecular weight excluding hydrogens is 360 g/mol. The van der Waals surface area contributed by atoms with E-state index in [1.807, 2.05) is 55.6 Å². The zero-order valence-electron chi connectivity index (χ0n) is 15.6. The molecule has 0 fully saturated rings. The first kappa shape index (κ1) is 19.2. The average molecular weight is 385 g/mol. The highest BCUT2D eigenvalue weighted by Gasteiger charge is 2.14. The van der Waals surface area contributed by atoms with E-state index >= 15 is 0 Å². The molecule has 0 aliphatic rings. The number of anilines is 1. The summed E-state index contributed by atoms with van der Waals surface area (Å²) in [5.74, 6) is 0.749. The first-order chi connectivity index (χ1) is 13.0. The summed E-state index contributed by atoms with van der Waals surface area (Å²) in [5, 5.41) is 1.81. The maximum absolute atomic E-state index is 12.6. The summed E-state index contributed by atoms with van der Waals surface area (Å²) in [6.45, 7) is 1.16. The monoisotopic (exact) mass is 384 g/mol. The van der Waals surface area contributed by atoms with E-state index in [2.05, 4.69) is 9.62 Å². The highest BCUT2D eigenvalue weighted by Crippen LogP contribution is 2.23. The number of para-hydroxylation sites is 1. The van der Waals surface area contributed by atoms with Gasteiger partial charge in [-0.2, -0.15) is 0 Å². The quantitative estimate of drug-likeness (QED) is 0.602. The predicted octanol–water partition coefficient (Wildman–Crippen LogP) is 3.65. The molecule has 0 aromatic heterocycles. The number of hydrogen-bond acceptors (Lipinski definition) is 4. The minimum absolute atomic E-state index is 0.275. The molecule has 0 saturated carbocycles. The van der Waals surface area contributed by atoms with Crippen LogP contribution in [0.2, 0.25) is 0 Å². The first-order valence-electron chi connectivity index (χ1n) is 8.83. The molecule has 0 aliphatic carbocycles. The lowest BCUT2D eigenvalue weighted by molar-refractivity contribution is 0.415. The van der Waals surface area contributed by atoms with Gasteiger partial charge in [0.15, 0.2) is 0 Å². The van der Waals surface area contributed by atoms with Gasteiger partial charge in [-0.05, 0) is 53.6 Å². The fourth-order valence-corrected chi connectivity index (χ4v) is 4.02. The normalized spacial score (nSPS) is 11.5. The lowest BCUT2D eigenvalue weighted by Gasteiger charge is -2.19. The Labute approximate surface area is 160 Å². The van der Waals surface area contributed by atoms with Gasteiger partial charge in [0, 0.05) is 25.8 Å². The van der Waals surface area contributed by atoms with Crippen LogP contribution in [-0.2, 0) is 10.0 Å². The minimum atomic E-state index is -3.53. The van der Waals surface area contributed by atoms with Crippen LogP contribution in [0.5, 0.6) is 5.75 Å². The van der Waals surface area contributed by atoms with Gasteiger partial charge in [-0.1, -0.05) is 30.3 Å². The molecule has 0 radical (unpaired) electrons. The third kappa shape index (κ3) is 4.78. The molecule has 0 spiro atoms. The Kier molecular flexibility index (Phi) is 5.98. The number of rotatable bonds is 8. The van der Waals surface area contributed by atoms with Crippen LogP contribution in [0.25, 0.3) is 10.8 Å². The van der Waals surface area contributed by atoms with Gasteiger partial charge in [0.2, 0.25) is 10.0 Å². The van der Waals surface area contributed by atoms with Crippen molar-refractivity contribution in [2.24, 2.45) is 0 Å². The van der Waals surface area contributed by atoms with Crippen molar-refractivity contribution in [3.05, 3.63) is 66.7 Å². The van der Waals surface area contributed by atoms with Gasteiger partial charge >= 0.3 is 0 Å². The molecule has 3 aromatic rings. The Morgan fingerprint density at radius 1 is 0.963 bits per heavy atom. The Morgan fingerprint density at radius 3 is 2.41 bits per heavy atom. The van der Waals surface area contributed by atoms with Crippen molar-refractivity contribution >= 4 is 26.5 Å². The molecule has 142 valence electrons. The van der Waals surface area contributed by atoms with Gasteiger partial charge in [-0.25, -0.2) is 13.1 Å². The largest absolute Gasteiger partial charge is 0.497 e. The maximum atomic E-state index is 12.6. The Bertz CT molecular complexity index is 1000. The van der Waals surface area contributed by atoms with Crippen molar-refractivity contribution < 1.29 is 13.2 Å². The van der Waals surface area contributed by atoms with E-state index in [1.165, 1.54) is 0 Å². The second kappa shape index (κ2) is 8.41. The molecule has 0 aliphatic heterocycles. The minimum Gasteiger partial charge on any atom is -0.497 e. The third-order valence-corrected chi connectivity index (χ3v) is 5.95.